The van der Waals surface area contributed by atoms with E-state index in [2.05, 4.69) is 3.63 Å². The van der Waals surface area contributed by atoms with Crippen LogP contribution in [0.3, 0.4) is 0 Å². The van der Waals surface area contributed by atoms with E-state index in [1.807, 2.05) is 0 Å². The van der Waals surface area contributed by atoms with Gasteiger partial charge in [-0.3, -0.25) is 9.11 Å². The standard InChI is InChI=1S/Mo.H2O5S2/c;1-6(2)5-7(3)4/h;(H,1,2)(H,3,4). The van der Waals surface area contributed by atoms with Crippen LogP contribution >= 0.6 is 0 Å². The molecule has 0 saturated heterocycles. The van der Waals surface area contributed by atoms with Crippen LogP contribution in [0.5, 0.6) is 0 Å². The predicted octanol–water partition coefficient (Wildman–Crippen LogP) is -0.726. The fraction of sp³-hybridized carbons (Fsp3) is 0. The maximum atomic E-state index is 9.35. The second-order valence-electron chi connectivity index (χ2n) is 0.502. The van der Waals surface area contributed by atoms with Gasteiger partial charge in [0.05, 0.1) is 0 Å². The first-order valence-electron chi connectivity index (χ1n) is 1.03. The van der Waals surface area contributed by atoms with Crippen molar-refractivity contribution < 1.29 is 42.2 Å². The third-order valence-electron chi connectivity index (χ3n) is 0.116. The Balaban J connectivity index is 0. The second-order valence-corrected chi connectivity index (χ2v) is 1.92. The molecule has 0 fully saturated rings. The van der Waals surface area contributed by atoms with Gasteiger partial charge in [-0.1, -0.05) is 0 Å². The van der Waals surface area contributed by atoms with E-state index in [1.165, 1.54) is 0 Å². The average Bonchev–Trinajstić information content (AvgIpc) is 1.27. The molecule has 8 heavy (non-hydrogen) atoms. The molecule has 0 aliphatic heterocycles. The Labute approximate surface area is 65.0 Å². The summed E-state index contributed by atoms with van der Waals surface area (Å²) in [7, 11) is 0. The van der Waals surface area contributed by atoms with Crippen LogP contribution in [0.25, 0.3) is 0 Å². The van der Waals surface area contributed by atoms with Crippen LogP contribution in [0.4, 0.5) is 0 Å². The van der Waals surface area contributed by atoms with E-state index in [-0.39, 0.29) is 21.1 Å². The van der Waals surface area contributed by atoms with Gasteiger partial charge in [0.15, 0.2) is 0 Å². The Bertz CT molecular complexity index is 86.6. The molecule has 0 aromatic carbocycles. The molecular formula is H2MoO5S2. The van der Waals surface area contributed by atoms with Gasteiger partial charge in [0.2, 0.25) is 0 Å². The van der Waals surface area contributed by atoms with E-state index in [1.54, 1.807) is 0 Å². The van der Waals surface area contributed by atoms with Crippen molar-refractivity contribution in [2.24, 2.45) is 0 Å². The summed E-state index contributed by atoms with van der Waals surface area (Å²) in [5, 5.41) is 0. The maximum absolute atomic E-state index is 9.35. The predicted molar refractivity (Wildman–Crippen MR) is 22.6 cm³/mol. The first kappa shape index (κ1) is 11.6. The van der Waals surface area contributed by atoms with E-state index in [9.17, 15) is 8.42 Å². The van der Waals surface area contributed by atoms with Crippen LogP contribution in [0.2, 0.25) is 0 Å². The number of hydrogen-bond donors (Lipinski definition) is 2. The third-order valence-corrected chi connectivity index (χ3v) is 1.05. The second kappa shape index (κ2) is 6.00. The molecule has 0 heterocycles. The molecule has 0 atom stereocenters. The Morgan fingerprint density at radius 1 is 1.12 bits per heavy atom. The first-order valence-corrected chi connectivity index (χ1v) is 3.10. The molecule has 0 rings (SSSR count). The minimum absolute atomic E-state index is 0. The number of rotatable bonds is 2. The van der Waals surface area contributed by atoms with E-state index in [4.69, 9.17) is 9.11 Å². The van der Waals surface area contributed by atoms with Gasteiger partial charge in [-0.2, -0.15) is 8.42 Å². The fourth-order valence-corrected chi connectivity index (χ4v) is 0.448. The largest absolute Gasteiger partial charge is 0.317 e. The molecule has 0 aliphatic carbocycles. The molecule has 0 amide bonds. The third kappa shape index (κ3) is 9.98. The minimum Gasteiger partial charge on any atom is -0.283 e. The smallest absolute Gasteiger partial charge is 0.283 e. The van der Waals surface area contributed by atoms with Crippen molar-refractivity contribution in [2.45, 2.75) is 0 Å². The molecule has 0 aromatic heterocycles. The number of hydrogen-bond acceptors (Lipinski definition) is 3. The van der Waals surface area contributed by atoms with Gasteiger partial charge < -0.3 is 0 Å². The van der Waals surface area contributed by atoms with Crippen LogP contribution in [0.1, 0.15) is 0 Å². The summed E-state index contributed by atoms with van der Waals surface area (Å²) < 4.78 is 37.2. The van der Waals surface area contributed by atoms with Crippen LogP contribution in [-0.4, -0.2) is 17.5 Å². The minimum atomic E-state index is -2.65. The van der Waals surface area contributed by atoms with Gasteiger partial charge in [0, 0.05) is 21.1 Å². The van der Waals surface area contributed by atoms with Crippen LogP contribution in [0.15, 0.2) is 0 Å². The molecule has 0 spiro atoms. The van der Waals surface area contributed by atoms with Crippen LogP contribution < -0.4 is 0 Å². The molecule has 0 unspecified atom stereocenters. The van der Waals surface area contributed by atoms with Crippen molar-refractivity contribution in [3.63, 3.8) is 0 Å². The van der Waals surface area contributed by atoms with Crippen molar-refractivity contribution in [1.82, 2.24) is 0 Å². The quantitative estimate of drug-likeness (QED) is 0.493. The van der Waals surface area contributed by atoms with Crippen LogP contribution in [-0.2, 0) is 47.4 Å². The normalized spacial score (nSPS) is 16.2. The van der Waals surface area contributed by atoms with E-state index < -0.39 is 22.7 Å². The molecule has 50 valence electrons. The van der Waals surface area contributed by atoms with Gasteiger partial charge in [0.25, 0.3) is 0 Å². The Morgan fingerprint density at radius 3 is 1.38 bits per heavy atom. The zero-order chi connectivity index (χ0) is 5.86. The van der Waals surface area contributed by atoms with Gasteiger partial charge >= 0.3 is 22.7 Å². The SMILES string of the molecule is O=S(O)OS(=O)O.[Mo]. The van der Waals surface area contributed by atoms with Crippen molar-refractivity contribution in [3.8, 4) is 0 Å². The zero-order valence-electron chi connectivity index (χ0n) is 3.34. The maximum Gasteiger partial charge on any atom is 0.317 e. The van der Waals surface area contributed by atoms with Gasteiger partial charge in [-0.15, -0.1) is 3.63 Å². The van der Waals surface area contributed by atoms with Gasteiger partial charge in [-0.05, 0) is 0 Å². The Kier molecular flexibility index (Phi) is 8.72. The fourth-order valence-electron chi connectivity index (χ4n) is 0.0498. The molecular weight excluding hydrogens is 240 g/mol. The van der Waals surface area contributed by atoms with Crippen molar-refractivity contribution in [1.29, 1.82) is 0 Å². The Morgan fingerprint density at radius 2 is 1.38 bits per heavy atom. The Hall–Kier alpha value is 0.868. The van der Waals surface area contributed by atoms with E-state index >= 15 is 0 Å². The van der Waals surface area contributed by atoms with Gasteiger partial charge in [-0.25, -0.2) is 0 Å². The van der Waals surface area contributed by atoms with E-state index in [0.717, 1.165) is 0 Å². The molecule has 0 radical (unpaired) electrons. The zero-order valence-corrected chi connectivity index (χ0v) is 6.98. The first-order chi connectivity index (χ1) is 3.13. The summed E-state index contributed by atoms with van der Waals surface area (Å²) >= 11 is -5.29. The molecule has 0 aliphatic rings. The van der Waals surface area contributed by atoms with Crippen molar-refractivity contribution in [3.05, 3.63) is 0 Å². The van der Waals surface area contributed by atoms with Gasteiger partial charge in [0.1, 0.15) is 0 Å². The van der Waals surface area contributed by atoms with Crippen LogP contribution in [0, 0.1) is 0 Å². The molecule has 0 aromatic rings. The van der Waals surface area contributed by atoms with Crippen molar-refractivity contribution >= 4 is 22.7 Å². The average molecular weight is 242 g/mol. The summed E-state index contributed by atoms with van der Waals surface area (Å²) in [5.41, 5.74) is 0. The van der Waals surface area contributed by atoms with Crippen molar-refractivity contribution in [2.75, 3.05) is 0 Å². The molecule has 5 nitrogen and oxygen atoms in total. The molecule has 0 bridgehead atoms. The summed E-state index contributed by atoms with van der Waals surface area (Å²) in [6.45, 7) is 0. The summed E-state index contributed by atoms with van der Waals surface area (Å²) in [5.74, 6) is 0. The molecule has 8 heteroatoms. The summed E-state index contributed by atoms with van der Waals surface area (Å²) in [6.07, 6.45) is 0. The topological polar surface area (TPSA) is 83.8 Å². The summed E-state index contributed by atoms with van der Waals surface area (Å²) in [4.78, 5) is 0. The van der Waals surface area contributed by atoms with E-state index in [0.29, 0.717) is 0 Å². The summed E-state index contributed by atoms with van der Waals surface area (Å²) in [6, 6.07) is 0. The molecule has 0 saturated carbocycles. The molecule has 2 N–H and O–H groups in total. The monoisotopic (exact) mass is 244 g/mol.